The van der Waals surface area contributed by atoms with Gasteiger partial charge in [-0.1, -0.05) is 15.9 Å². The maximum Gasteiger partial charge on any atom is 0.207 e. The Morgan fingerprint density at radius 3 is 2.80 bits per heavy atom. The molecule has 3 nitrogen and oxygen atoms in total. The summed E-state index contributed by atoms with van der Waals surface area (Å²) < 4.78 is 3.96. The molecule has 1 N–H and O–H groups in total. The van der Waals surface area contributed by atoms with Crippen LogP contribution in [0.5, 0.6) is 0 Å². The van der Waals surface area contributed by atoms with E-state index in [9.17, 15) is 0 Å². The van der Waals surface area contributed by atoms with Crippen molar-refractivity contribution in [3.63, 3.8) is 0 Å². The molecular formula is C10H9Br2N3. The highest BCUT2D eigenvalue weighted by molar-refractivity contribution is 9.11. The molecular weight excluding hydrogens is 322 g/mol. The molecule has 0 bridgehead atoms. The van der Waals surface area contributed by atoms with Gasteiger partial charge in [-0.25, -0.2) is 4.98 Å². The van der Waals surface area contributed by atoms with Gasteiger partial charge in [0.1, 0.15) is 0 Å². The van der Waals surface area contributed by atoms with Crippen molar-refractivity contribution in [1.29, 1.82) is 0 Å². The summed E-state index contributed by atoms with van der Waals surface area (Å²) in [6, 6.07) is 5.96. The molecule has 0 radical (unpaired) electrons. The number of hydrogen-bond acceptors (Lipinski definition) is 2. The van der Waals surface area contributed by atoms with Crippen LogP contribution in [0.15, 0.2) is 39.5 Å². The number of nitrogens with zero attached hydrogens (tertiary/aromatic N) is 2. The fraction of sp³-hybridized carbons (Fsp3) is 0.100. The van der Waals surface area contributed by atoms with Gasteiger partial charge in [-0.3, -0.25) is 0 Å². The average Bonchev–Trinajstić information content (AvgIpc) is 2.58. The molecule has 0 aliphatic heterocycles. The molecule has 1 heterocycles. The molecule has 0 fully saturated rings. The van der Waals surface area contributed by atoms with E-state index in [1.54, 1.807) is 6.20 Å². The maximum absolute atomic E-state index is 4.20. The van der Waals surface area contributed by atoms with E-state index in [4.69, 9.17) is 0 Å². The second-order valence-electron chi connectivity index (χ2n) is 3.11. The van der Waals surface area contributed by atoms with E-state index in [1.807, 2.05) is 36.0 Å². The van der Waals surface area contributed by atoms with E-state index in [0.29, 0.717) is 0 Å². The molecule has 0 unspecified atom stereocenters. The Morgan fingerprint density at radius 2 is 2.13 bits per heavy atom. The van der Waals surface area contributed by atoms with Gasteiger partial charge in [-0.05, 0) is 34.1 Å². The first-order valence-corrected chi connectivity index (χ1v) is 5.95. The summed E-state index contributed by atoms with van der Waals surface area (Å²) in [6.07, 6.45) is 3.66. The molecule has 0 aliphatic rings. The smallest absolute Gasteiger partial charge is 0.207 e. The highest BCUT2D eigenvalue weighted by Crippen LogP contribution is 2.28. The summed E-state index contributed by atoms with van der Waals surface area (Å²) in [4.78, 5) is 4.20. The van der Waals surface area contributed by atoms with Crippen molar-refractivity contribution in [2.24, 2.45) is 7.05 Å². The van der Waals surface area contributed by atoms with Gasteiger partial charge < -0.3 is 9.88 Å². The largest absolute Gasteiger partial charge is 0.325 e. The Morgan fingerprint density at radius 1 is 1.33 bits per heavy atom. The number of aryl methyl sites for hydroxylation is 1. The van der Waals surface area contributed by atoms with Gasteiger partial charge in [0.2, 0.25) is 5.95 Å². The monoisotopic (exact) mass is 329 g/mol. The van der Waals surface area contributed by atoms with Crippen LogP contribution in [0.1, 0.15) is 0 Å². The van der Waals surface area contributed by atoms with Crippen LogP contribution in [0.4, 0.5) is 11.6 Å². The Kier molecular flexibility index (Phi) is 3.11. The van der Waals surface area contributed by atoms with Gasteiger partial charge in [0.15, 0.2) is 0 Å². The number of halogens is 2. The number of rotatable bonds is 2. The minimum Gasteiger partial charge on any atom is -0.325 e. The Hall–Kier alpha value is -0.810. The van der Waals surface area contributed by atoms with Gasteiger partial charge >= 0.3 is 0 Å². The first kappa shape index (κ1) is 10.7. The minimum atomic E-state index is 0.814. The Labute approximate surface area is 105 Å². The topological polar surface area (TPSA) is 29.9 Å². The van der Waals surface area contributed by atoms with Crippen LogP contribution >= 0.6 is 31.9 Å². The summed E-state index contributed by atoms with van der Waals surface area (Å²) >= 11 is 6.91. The number of anilines is 2. The van der Waals surface area contributed by atoms with Crippen molar-refractivity contribution in [2.75, 3.05) is 5.32 Å². The SMILES string of the molecule is Cn1ccnc1Nc1cc(Br)ccc1Br. The van der Waals surface area contributed by atoms with Gasteiger partial charge in [0.05, 0.1) is 5.69 Å². The third-order valence-electron chi connectivity index (χ3n) is 2.00. The molecule has 0 spiro atoms. The van der Waals surface area contributed by atoms with Crippen LogP contribution in [0.3, 0.4) is 0 Å². The average molecular weight is 331 g/mol. The van der Waals surface area contributed by atoms with Crippen LogP contribution in [0.2, 0.25) is 0 Å². The molecule has 0 saturated carbocycles. The normalized spacial score (nSPS) is 10.3. The molecule has 0 saturated heterocycles. The van der Waals surface area contributed by atoms with E-state index in [1.165, 1.54) is 0 Å². The summed E-state index contributed by atoms with van der Waals surface area (Å²) in [5.41, 5.74) is 0.985. The van der Waals surface area contributed by atoms with E-state index in [0.717, 1.165) is 20.6 Å². The summed E-state index contributed by atoms with van der Waals surface area (Å²) in [6.45, 7) is 0. The number of benzene rings is 1. The standard InChI is InChI=1S/C10H9Br2N3/c1-15-5-4-13-10(15)14-9-6-7(11)2-3-8(9)12/h2-6H,1H3,(H,13,14). The maximum atomic E-state index is 4.20. The molecule has 0 atom stereocenters. The Bertz CT molecular complexity index is 479. The van der Waals surface area contributed by atoms with Crippen LogP contribution < -0.4 is 5.32 Å². The van der Waals surface area contributed by atoms with Crippen LogP contribution in [0, 0.1) is 0 Å². The van der Waals surface area contributed by atoms with Crippen molar-refractivity contribution in [3.05, 3.63) is 39.5 Å². The fourth-order valence-electron chi connectivity index (χ4n) is 1.20. The highest BCUT2D eigenvalue weighted by Gasteiger charge is 2.03. The quantitative estimate of drug-likeness (QED) is 0.910. The molecule has 2 aromatic rings. The Balaban J connectivity index is 2.32. The molecule has 0 aliphatic carbocycles. The van der Waals surface area contributed by atoms with E-state index >= 15 is 0 Å². The molecule has 15 heavy (non-hydrogen) atoms. The van der Waals surface area contributed by atoms with E-state index < -0.39 is 0 Å². The predicted molar refractivity (Wildman–Crippen MR) is 68.3 cm³/mol. The summed E-state index contributed by atoms with van der Waals surface area (Å²) in [5, 5.41) is 3.24. The molecule has 78 valence electrons. The van der Waals surface area contributed by atoms with Gasteiger partial charge in [0.25, 0.3) is 0 Å². The molecule has 1 aromatic carbocycles. The lowest BCUT2D eigenvalue weighted by atomic mass is 10.3. The van der Waals surface area contributed by atoms with Gasteiger partial charge in [-0.15, -0.1) is 0 Å². The second-order valence-corrected chi connectivity index (χ2v) is 4.88. The van der Waals surface area contributed by atoms with Gasteiger partial charge in [0, 0.05) is 28.4 Å². The van der Waals surface area contributed by atoms with Crippen molar-refractivity contribution < 1.29 is 0 Å². The molecule has 5 heteroatoms. The first-order valence-electron chi connectivity index (χ1n) is 4.36. The lowest BCUT2D eigenvalue weighted by Gasteiger charge is -2.08. The third-order valence-corrected chi connectivity index (χ3v) is 3.18. The van der Waals surface area contributed by atoms with Crippen molar-refractivity contribution in [1.82, 2.24) is 9.55 Å². The number of imidazole rings is 1. The summed E-state index contributed by atoms with van der Waals surface area (Å²) in [7, 11) is 1.95. The predicted octanol–water partition coefficient (Wildman–Crippen LogP) is 3.69. The first-order chi connectivity index (χ1) is 7.16. The van der Waals surface area contributed by atoms with E-state index in [-0.39, 0.29) is 0 Å². The van der Waals surface area contributed by atoms with Crippen LogP contribution in [-0.2, 0) is 7.05 Å². The molecule has 1 aromatic heterocycles. The van der Waals surface area contributed by atoms with E-state index in [2.05, 4.69) is 42.2 Å². The molecule has 2 rings (SSSR count). The molecule has 0 amide bonds. The van der Waals surface area contributed by atoms with Crippen molar-refractivity contribution in [3.8, 4) is 0 Å². The zero-order valence-corrected chi connectivity index (χ0v) is 11.2. The lowest BCUT2D eigenvalue weighted by Crippen LogP contribution is -1.98. The second kappa shape index (κ2) is 4.37. The highest BCUT2D eigenvalue weighted by atomic mass is 79.9. The van der Waals surface area contributed by atoms with Crippen molar-refractivity contribution >= 4 is 43.5 Å². The number of nitrogens with one attached hydrogen (secondary N) is 1. The van der Waals surface area contributed by atoms with Crippen LogP contribution in [-0.4, -0.2) is 9.55 Å². The van der Waals surface area contributed by atoms with Gasteiger partial charge in [-0.2, -0.15) is 0 Å². The summed E-state index contributed by atoms with van der Waals surface area (Å²) in [5.74, 6) is 0.814. The zero-order chi connectivity index (χ0) is 10.8. The lowest BCUT2D eigenvalue weighted by molar-refractivity contribution is 0.924. The number of aromatic nitrogens is 2. The number of hydrogen-bond donors (Lipinski definition) is 1. The van der Waals surface area contributed by atoms with Crippen molar-refractivity contribution in [2.45, 2.75) is 0 Å². The van der Waals surface area contributed by atoms with Crippen LogP contribution in [0.25, 0.3) is 0 Å². The zero-order valence-electron chi connectivity index (χ0n) is 8.04. The minimum absolute atomic E-state index is 0.814. The third kappa shape index (κ3) is 2.41. The fourth-order valence-corrected chi connectivity index (χ4v) is 1.91.